The van der Waals surface area contributed by atoms with Gasteiger partial charge in [-0.2, -0.15) is 0 Å². The lowest BCUT2D eigenvalue weighted by molar-refractivity contribution is -0.116. The maximum atomic E-state index is 12.3. The molecule has 0 fully saturated rings. The summed E-state index contributed by atoms with van der Waals surface area (Å²) in [6, 6.07) is 23.7. The molecule has 3 N–H and O–H groups in total. The minimum atomic E-state index is -0.317. The minimum Gasteiger partial charge on any atom is -0.497 e. The van der Waals surface area contributed by atoms with Crippen molar-refractivity contribution in [1.29, 1.82) is 0 Å². The highest BCUT2D eigenvalue weighted by atomic mass is 32.1. The number of thiocarbonyl (C=S) groups is 1. The first-order valence-corrected chi connectivity index (χ1v) is 10.1. The van der Waals surface area contributed by atoms with Gasteiger partial charge in [-0.05, 0) is 72.7 Å². The van der Waals surface area contributed by atoms with Gasteiger partial charge in [0.15, 0.2) is 5.11 Å². The van der Waals surface area contributed by atoms with E-state index in [1.165, 1.54) is 0 Å². The van der Waals surface area contributed by atoms with E-state index in [4.69, 9.17) is 17.0 Å². The molecule has 7 heteroatoms. The third-order valence-electron chi connectivity index (χ3n) is 4.49. The predicted octanol–water partition coefficient (Wildman–Crippen LogP) is 4.39. The topological polar surface area (TPSA) is 79.5 Å². The molecule has 0 heterocycles. The number of nitrogens with one attached hydrogen (secondary N) is 3. The summed E-state index contributed by atoms with van der Waals surface area (Å²) >= 11 is 5.21. The van der Waals surface area contributed by atoms with Gasteiger partial charge >= 0.3 is 0 Å². The number of hydrogen-bond donors (Lipinski definition) is 3. The van der Waals surface area contributed by atoms with Crippen LogP contribution in [0.2, 0.25) is 0 Å². The molecule has 3 rings (SSSR count). The Morgan fingerprint density at radius 3 is 2.06 bits per heavy atom. The van der Waals surface area contributed by atoms with Gasteiger partial charge in [-0.25, -0.2) is 0 Å². The Morgan fingerprint density at radius 1 is 0.839 bits per heavy atom. The van der Waals surface area contributed by atoms with Crippen LogP contribution in [0.3, 0.4) is 0 Å². The molecule has 31 heavy (non-hydrogen) atoms. The van der Waals surface area contributed by atoms with E-state index >= 15 is 0 Å². The zero-order valence-electron chi connectivity index (χ0n) is 17.1. The molecule has 0 aliphatic rings. The molecule has 0 aliphatic heterocycles. The third-order valence-corrected chi connectivity index (χ3v) is 4.69. The highest BCUT2D eigenvalue weighted by Crippen LogP contribution is 2.15. The van der Waals surface area contributed by atoms with Crippen LogP contribution in [0.4, 0.5) is 11.4 Å². The number of anilines is 2. The summed E-state index contributed by atoms with van der Waals surface area (Å²) in [5.74, 6) is 0.304. The number of hydrogen-bond acceptors (Lipinski definition) is 4. The van der Waals surface area contributed by atoms with Gasteiger partial charge in [-0.3, -0.25) is 14.9 Å². The zero-order chi connectivity index (χ0) is 22.1. The standard InChI is InChI=1S/C24H23N3O3S/c1-30-21-14-8-18(9-15-21)23(29)27-24(31)26-20-12-10-19(11-13-20)25-22(28)16-7-17-5-3-2-4-6-17/h2-6,8-15H,7,16H2,1H3,(H,25,28)(H2,26,27,29,31). The molecule has 6 nitrogen and oxygen atoms in total. The summed E-state index contributed by atoms with van der Waals surface area (Å²) < 4.78 is 5.08. The number of benzene rings is 3. The smallest absolute Gasteiger partial charge is 0.257 e. The van der Waals surface area contributed by atoms with E-state index in [0.29, 0.717) is 35.5 Å². The van der Waals surface area contributed by atoms with E-state index in [1.807, 2.05) is 30.3 Å². The van der Waals surface area contributed by atoms with Gasteiger partial charge < -0.3 is 15.4 Å². The van der Waals surface area contributed by atoms with E-state index in [2.05, 4.69) is 16.0 Å². The van der Waals surface area contributed by atoms with Gasteiger partial charge in [0.25, 0.3) is 5.91 Å². The van der Waals surface area contributed by atoms with E-state index in [9.17, 15) is 9.59 Å². The first-order chi connectivity index (χ1) is 15.0. The second-order valence-corrected chi connectivity index (χ2v) is 7.16. The maximum absolute atomic E-state index is 12.3. The van der Waals surface area contributed by atoms with Crippen LogP contribution in [0.1, 0.15) is 22.3 Å². The molecule has 0 saturated heterocycles. The Hall–Kier alpha value is -3.71. The van der Waals surface area contributed by atoms with Gasteiger partial charge in [-0.15, -0.1) is 0 Å². The summed E-state index contributed by atoms with van der Waals surface area (Å²) in [6.07, 6.45) is 1.10. The summed E-state index contributed by atoms with van der Waals surface area (Å²) in [6.45, 7) is 0. The molecule has 3 aromatic carbocycles. The molecule has 158 valence electrons. The van der Waals surface area contributed by atoms with Crippen LogP contribution in [-0.2, 0) is 11.2 Å². The summed E-state index contributed by atoms with van der Waals surface area (Å²) in [5.41, 5.74) is 2.99. The Labute approximate surface area is 186 Å². The normalized spacial score (nSPS) is 10.1. The zero-order valence-corrected chi connectivity index (χ0v) is 17.9. The molecule has 0 unspecified atom stereocenters. The lowest BCUT2D eigenvalue weighted by atomic mass is 10.1. The number of amides is 2. The van der Waals surface area contributed by atoms with Crippen molar-refractivity contribution in [2.45, 2.75) is 12.8 Å². The molecule has 0 bridgehead atoms. The number of rotatable bonds is 7. The minimum absolute atomic E-state index is 0.0492. The fourth-order valence-electron chi connectivity index (χ4n) is 2.84. The van der Waals surface area contributed by atoms with Crippen molar-refractivity contribution < 1.29 is 14.3 Å². The molecule has 0 atom stereocenters. The second kappa shape index (κ2) is 10.9. The van der Waals surface area contributed by atoms with Crippen molar-refractivity contribution in [2.75, 3.05) is 17.7 Å². The van der Waals surface area contributed by atoms with Gasteiger partial charge in [0.05, 0.1) is 7.11 Å². The molecule has 0 spiro atoms. The SMILES string of the molecule is COc1ccc(C(=O)NC(=S)Nc2ccc(NC(=O)CCc3ccccc3)cc2)cc1. The number of carbonyl (C=O) groups is 2. The Balaban J connectivity index is 1.46. The van der Waals surface area contributed by atoms with Crippen LogP contribution in [0.5, 0.6) is 5.75 Å². The van der Waals surface area contributed by atoms with Crippen molar-refractivity contribution in [3.8, 4) is 5.75 Å². The molecule has 3 aromatic rings. The molecule has 0 aliphatic carbocycles. The highest BCUT2D eigenvalue weighted by molar-refractivity contribution is 7.80. The van der Waals surface area contributed by atoms with Crippen LogP contribution in [0, 0.1) is 0 Å². The number of ether oxygens (including phenoxy) is 1. The Bertz CT molecular complexity index is 1040. The number of aryl methyl sites for hydroxylation is 1. The Kier molecular flexibility index (Phi) is 7.73. The largest absolute Gasteiger partial charge is 0.497 e. The van der Waals surface area contributed by atoms with E-state index in [-0.39, 0.29) is 16.9 Å². The van der Waals surface area contributed by atoms with Crippen LogP contribution < -0.4 is 20.7 Å². The number of carbonyl (C=O) groups excluding carboxylic acids is 2. The quantitative estimate of drug-likeness (QED) is 0.482. The predicted molar refractivity (Wildman–Crippen MR) is 127 cm³/mol. The van der Waals surface area contributed by atoms with Crippen LogP contribution in [0.25, 0.3) is 0 Å². The van der Waals surface area contributed by atoms with Crippen molar-refractivity contribution in [2.24, 2.45) is 0 Å². The van der Waals surface area contributed by atoms with Crippen molar-refractivity contribution in [3.63, 3.8) is 0 Å². The highest BCUT2D eigenvalue weighted by Gasteiger charge is 2.09. The second-order valence-electron chi connectivity index (χ2n) is 6.75. The first-order valence-electron chi connectivity index (χ1n) is 9.74. The fourth-order valence-corrected chi connectivity index (χ4v) is 3.05. The average Bonchev–Trinajstić information content (AvgIpc) is 2.79. The van der Waals surface area contributed by atoms with Crippen molar-refractivity contribution >= 4 is 40.5 Å². The van der Waals surface area contributed by atoms with Gasteiger partial charge in [0.2, 0.25) is 5.91 Å². The molecule has 2 amide bonds. The monoisotopic (exact) mass is 433 g/mol. The molecular weight excluding hydrogens is 410 g/mol. The van der Waals surface area contributed by atoms with Crippen molar-refractivity contribution in [1.82, 2.24) is 5.32 Å². The van der Waals surface area contributed by atoms with E-state index in [0.717, 1.165) is 5.56 Å². The first kappa shape index (κ1) is 22.0. The van der Waals surface area contributed by atoms with Crippen LogP contribution >= 0.6 is 12.2 Å². The van der Waals surface area contributed by atoms with E-state index in [1.54, 1.807) is 55.6 Å². The fraction of sp³-hybridized carbons (Fsp3) is 0.125. The lowest BCUT2D eigenvalue weighted by Gasteiger charge is -2.11. The van der Waals surface area contributed by atoms with Crippen molar-refractivity contribution in [3.05, 3.63) is 90.0 Å². The van der Waals surface area contributed by atoms with Gasteiger partial charge in [0.1, 0.15) is 5.75 Å². The van der Waals surface area contributed by atoms with Crippen LogP contribution in [-0.4, -0.2) is 24.0 Å². The van der Waals surface area contributed by atoms with E-state index < -0.39 is 0 Å². The van der Waals surface area contributed by atoms with Gasteiger partial charge in [-0.1, -0.05) is 30.3 Å². The third kappa shape index (κ3) is 6.94. The molecule has 0 saturated carbocycles. The average molecular weight is 434 g/mol. The van der Waals surface area contributed by atoms with Gasteiger partial charge in [0, 0.05) is 23.4 Å². The molecular formula is C24H23N3O3S. The lowest BCUT2D eigenvalue weighted by Crippen LogP contribution is -2.34. The summed E-state index contributed by atoms with van der Waals surface area (Å²) in [4.78, 5) is 24.4. The molecule has 0 aromatic heterocycles. The summed E-state index contributed by atoms with van der Waals surface area (Å²) in [5, 5.41) is 8.64. The maximum Gasteiger partial charge on any atom is 0.257 e. The number of methoxy groups -OCH3 is 1. The molecule has 0 radical (unpaired) electrons. The summed E-state index contributed by atoms with van der Waals surface area (Å²) in [7, 11) is 1.57. The Morgan fingerprint density at radius 2 is 1.45 bits per heavy atom. The van der Waals surface area contributed by atoms with Crippen LogP contribution in [0.15, 0.2) is 78.9 Å².